The fourth-order valence-electron chi connectivity index (χ4n) is 9.21. The molecule has 60 heavy (non-hydrogen) atoms. The van der Waals surface area contributed by atoms with Crippen LogP contribution in [0.25, 0.3) is 106 Å². The summed E-state index contributed by atoms with van der Waals surface area (Å²) in [5, 5.41) is 3.98. The lowest BCUT2D eigenvalue weighted by atomic mass is 9.87. The number of rotatable bonds is 6. The predicted molar refractivity (Wildman–Crippen MR) is 249 cm³/mol. The molecule has 1 unspecified atom stereocenters. The number of thioether (sulfide) groups is 1. The molecular formula is C55H37N3OS. The summed E-state index contributed by atoms with van der Waals surface area (Å²) in [6.07, 6.45) is 5.99. The largest absolute Gasteiger partial charge is 0.456 e. The van der Waals surface area contributed by atoms with Crippen molar-refractivity contribution in [1.29, 1.82) is 0 Å². The van der Waals surface area contributed by atoms with E-state index >= 15 is 0 Å². The van der Waals surface area contributed by atoms with Gasteiger partial charge in [0.2, 0.25) is 0 Å². The van der Waals surface area contributed by atoms with Gasteiger partial charge < -0.3 is 4.42 Å². The summed E-state index contributed by atoms with van der Waals surface area (Å²) < 4.78 is 6.23. The summed E-state index contributed by atoms with van der Waals surface area (Å²) in [6, 6.07) is 61.8. The van der Waals surface area contributed by atoms with E-state index in [2.05, 4.69) is 158 Å². The topological polar surface area (TPSA) is 51.8 Å². The maximum Gasteiger partial charge on any atom is 0.160 e. The molecule has 0 radical (unpaired) electrons. The number of benzene rings is 7. The Morgan fingerprint density at radius 2 is 1.10 bits per heavy atom. The molecule has 10 aromatic rings. The fraction of sp³-hybridized carbons (Fsp3) is 0.0727. The van der Waals surface area contributed by atoms with Crippen LogP contribution in [0.5, 0.6) is 0 Å². The van der Waals surface area contributed by atoms with Crippen molar-refractivity contribution in [3.8, 4) is 67.4 Å². The highest BCUT2D eigenvalue weighted by Gasteiger charge is 2.35. The van der Waals surface area contributed by atoms with Gasteiger partial charge in [0, 0.05) is 54.1 Å². The van der Waals surface area contributed by atoms with Crippen molar-refractivity contribution in [2.24, 2.45) is 0 Å². The van der Waals surface area contributed by atoms with Crippen LogP contribution in [0.3, 0.4) is 0 Å². The smallest absolute Gasteiger partial charge is 0.160 e. The molecule has 2 aliphatic rings. The lowest BCUT2D eigenvalue weighted by molar-refractivity contribution is 0.669. The molecule has 7 aromatic carbocycles. The van der Waals surface area contributed by atoms with Crippen molar-refractivity contribution in [1.82, 2.24) is 15.0 Å². The fourth-order valence-corrected chi connectivity index (χ4v) is 10.7. The highest BCUT2D eigenvalue weighted by molar-refractivity contribution is 8.01. The Morgan fingerprint density at radius 3 is 1.82 bits per heavy atom. The van der Waals surface area contributed by atoms with E-state index in [1.54, 1.807) is 0 Å². The molecule has 284 valence electrons. The predicted octanol–water partition coefficient (Wildman–Crippen LogP) is 15.0. The Hall–Kier alpha value is -7.08. The van der Waals surface area contributed by atoms with Gasteiger partial charge in [-0.15, -0.1) is 11.8 Å². The van der Waals surface area contributed by atoms with E-state index in [9.17, 15) is 0 Å². The Labute approximate surface area is 352 Å². The molecule has 0 spiro atoms. The van der Waals surface area contributed by atoms with Crippen molar-refractivity contribution in [2.45, 2.75) is 29.4 Å². The second kappa shape index (κ2) is 14.3. The summed E-state index contributed by atoms with van der Waals surface area (Å²) in [5.74, 6) is 0.703. The van der Waals surface area contributed by atoms with Gasteiger partial charge in [-0.05, 0) is 71.4 Å². The molecule has 1 aliphatic heterocycles. The number of fused-ring (bicyclic) bond motifs is 8. The summed E-state index contributed by atoms with van der Waals surface area (Å²) in [7, 11) is 0. The van der Waals surface area contributed by atoms with Gasteiger partial charge in [0.25, 0.3) is 0 Å². The summed E-state index contributed by atoms with van der Waals surface area (Å²) in [4.78, 5) is 17.0. The molecule has 0 N–H and O–H groups in total. The molecule has 0 saturated carbocycles. The zero-order chi connectivity index (χ0) is 39.6. The third-order valence-electron chi connectivity index (χ3n) is 12.1. The molecule has 0 bridgehead atoms. The van der Waals surface area contributed by atoms with E-state index in [0.717, 1.165) is 73.2 Å². The zero-order valence-electron chi connectivity index (χ0n) is 32.7. The van der Waals surface area contributed by atoms with Crippen LogP contribution in [0.1, 0.15) is 24.8 Å². The summed E-state index contributed by atoms with van der Waals surface area (Å²) in [5.41, 5.74) is 17.5. The van der Waals surface area contributed by atoms with Crippen molar-refractivity contribution in [3.63, 3.8) is 0 Å². The number of furan rings is 1. The van der Waals surface area contributed by atoms with E-state index in [4.69, 9.17) is 19.4 Å². The third-order valence-corrected chi connectivity index (χ3v) is 13.5. The van der Waals surface area contributed by atoms with Gasteiger partial charge in [-0.2, -0.15) is 0 Å². The van der Waals surface area contributed by atoms with Crippen molar-refractivity contribution >= 4 is 50.2 Å². The van der Waals surface area contributed by atoms with Crippen LogP contribution >= 0.6 is 11.8 Å². The third kappa shape index (κ3) is 5.88. The van der Waals surface area contributed by atoms with Crippen molar-refractivity contribution in [2.75, 3.05) is 0 Å². The van der Waals surface area contributed by atoms with Crippen LogP contribution < -0.4 is 0 Å². The van der Waals surface area contributed by atoms with E-state index < -0.39 is 0 Å². The van der Waals surface area contributed by atoms with Crippen LogP contribution in [0, 0.1) is 0 Å². The Kier molecular flexibility index (Phi) is 8.34. The number of nitrogens with zero attached hydrogens (tertiary/aromatic N) is 3. The van der Waals surface area contributed by atoms with Crippen LogP contribution in [-0.2, 0) is 0 Å². The first-order chi connectivity index (χ1) is 29.7. The minimum atomic E-state index is 0.436. The molecule has 0 fully saturated rings. The number of aromatic nitrogens is 3. The standard InChI is InChI=1S/C55H37N3OS/c1-3-13-36(14-4-1)45-33-46(37-15-5-2-6-16-37)58-55(57-45)39-31-29-38(30-32-39)53-54-52(43-18-8-10-24-49(43)60-54)51-41(19-11-21-44(51)56-53)35-27-25-34(26-28-35)40-20-12-23-48-50(40)42-17-7-9-22-47(42)59-48/h1-7,9,11-23,25-33,49H,8,10,24H2. The van der Waals surface area contributed by atoms with Gasteiger partial charge in [-0.25, -0.2) is 15.0 Å². The highest BCUT2D eigenvalue weighted by atomic mass is 32.2. The van der Waals surface area contributed by atoms with Crippen molar-refractivity contribution in [3.05, 3.63) is 188 Å². The number of pyridine rings is 1. The van der Waals surface area contributed by atoms with E-state index in [-0.39, 0.29) is 0 Å². The van der Waals surface area contributed by atoms with Crippen LogP contribution in [0.4, 0.5) is 0 Å². The molecular weight excluding hydrogens is 751 g/mol. The van der Waals surface area contributed by atoms with Crippen LogP contribution in [0.2, 0.25) is 0 Å². The molecule has 0 saturated heterocycles. The van der Waals surface area contributed by atoms with Gasteiger partial charge >= 0.3 is 0 Å². The zero-order valence-corrected chi connectivity index (χ0v) is 33.5. The molecule has 0 amide bonds. The second-order valence-corrected chi connectivity index (χ2v) is 16.9. The number of hydrogen-bond donors (Lipinski definition) is 0. The molecule has 3 aromatic heterocycles. The van der Waals surface area contributed by atoms with Gasteiger partial charge in [-0.3, -0.25) is 0 Å². The SMILES string of the molecule is C1=C2c3c(c(-c4ccc(-c5nc(-c6ccccc6)cc(-c6ccccc6)n5)cc4)nc4cccc(-c5ccc(-c6cccc7oc8ccccc8c67)cc5)c34)SC2CCC1. The monoisotopic (exact) mass is 787 g/mol. The van der Waals surface area contributed by atoms with Crippen LogP contribution in [-0.4, -0.2) is 20.2 Å². The first-order valence-electron chi connectivity index (χ1n) is 20.7. The molecule has 1 atom stereocenters. The molecule has 12 rings (SSSR count). The minimum absolute atomic E-state index is 0.436. The summed E-state index contributed by atoms with van der Waals surface area (Å²) >= 11 is 2.00. The maximum absolute atomic E-state index is 6.23. The Bertz CT molecular complexity index is 3240. The van der Waals surface area contributed by atoms with E-state index in [1.807, 2.05) is 36.0 Å². The minimum Gasteiger partial charge on any atom is -0.456 e. The van der Waals surface area contributed by atoms with Crippen LogP contribution in [0.15, 0.2) is 191 Å². The average Bonchev–Trinajstić information content (AvgIpc) is 3.91. The first kappa shape index (κ1) is 34.9. The first-order valence-corrected chi connectivity index (χ1v) is 21.6. The van der Waals surface area contributed by atoms with Gasteiger partial charge in [-0.1, -0.05) is 158 Å². The maximum atomic E-state index is 6.23. The highest BCUT2D eigenvalue weighted by Crippen LogP contribution is 2.55. The molecule has 5 heteroatoms. The van der Waals surface area contributed by atoms with Crippen molar-refractivity contribution < 1.29 is 4.42 Å². The van der Waals surface area contributed by atoms with E-state index in [1.165, 1.54) is 56.5 Å². The van der Waals surface area contributed by atoms with Gasteiger partial charge in [0.1, 0.15) is 11.2 Å². The quantitative estimate of drug-likeness (QED) is 0.168. The normalized spacial score (nSPS) is 14.7. The van der Waals surface area contributed by atoms with Gasteiger partial charge in [0.05, 0.1) is 22.6 Å². The Balaban J connectivity index is 0.957. The number of para-hydroxylation sites is 1. The Morgan fingerprint density at radius 1 is 0.500 bits per heavy atom. The lowest BCUT2D eigenvalue weighted by Gasteiger charge is -2.18. The second-order valence-electron chi connectivity index (χ2n) is 15.7. The lowest BCUT2D eigenvalue weighted by Crippen LogP contribution is -2.04. The van der Waals surface area contributed by atoms with Gasteiger partial charge in [0.15, 0.2) is 5.82 Å². The molecule has 4 nitrogen and oxygen atoms in total. The number of hydrogen-bond acceptors (Lipinski definition) is 5. The molecule has 4 heterocycles. The number of allylic oxidation sites excluding steroid dienone is 1. The molecule has 1 aliphatic carbocycles. The van der Waals surface area contributed by atoms with E-state index in [0.29, 0.717) is 11.1 Å². The average molecular weight is 788 g/mol. The summed E-state index contributed by atoms with van der Waals surface area (Å²) in [6.45, 7) is 0.